The summed E-state index contributed by atoms with van der Waals surface area (Å²) < 4.78 is 15.5. The highest BCUT2D eigenvalue weighted by Gasteiger charge is 2.45. The molecule has 0 aromatic rings. The largest absolute Gasteiger partial charge is 0.467 e. The molecule has 1 rings (SSSR count). The van der Waals surface area contributed by atoms with Crippen LogP contribution in [0, 0.1) is 0 Å². The average Bonchev–Trinajstić information content (AvgIpc) is 2.70. The van der Waals surface area contributed by atoms with Crippen molar-refractivity contribution < 1.29 is 23.6 Å². The first-order valence-electron chi connectivity index (χ1n) is 6.31. The second-order valence-corrected chi connectivity index (χ2v) is 10.7. The Morgan fingerprint density at radius 1 is 1.26 bits per heavy atom. The molecule has 0 radical (unpaired) electrons. The van der Waals surface area contributed by atoms with Gasteiger partial charge in [-0.2, -0.15) is 0 Å². The highest BCUT2D eigenvalue weighted by molar-refractivity contribution is 6.81. The van der Waals surface area contributed by atoms with Crippen LogP contribution in [-0.4, -0.2) is 46.3 Å². The molecule has 1 aliphatic rings. The Kier molecular flexibility index (Phi) is 5.52. The number of esters is 1. The first-order chi connectivity index (χ1) is 8.74. The van der Waals surface area contributed by atoms with Gasteiger partial charge in [0.05, 0.1) is 15.2 Å². The second-order valence-electron chi connectivity index (χ2n) is 5.68. The monoisotopic (exact) mass is 284 g/mol. The molecule has 1 heterocycles. The van der Waals surface area contributed by atoms with Crippen molar-refractivity contribution in [3.8, 4) is 0 Å². The number of methoxy groups -OCH3 is 1. The Balaban J connectivity index is 2.63. The van der Waals surface area contributed by atoms with Crippen molar-refractivity contribution in [2.24, 2.45) is 0 Å². The van der Waals surface area contributed by atoms with Gasteiger partial charge >= 0.3 is 13.1 Å². The van der Waals surface area contributed by atoms with Gasteiger partial charge in [0.2, 0.25) is 0 Å². The number of allylic oxidation sites excluding steroid dienone is 1. The van der Waals surface area contributed by atoms with Crippen molar-refractivity contribution in [2.45, 2.75) is 45.1 Å². The zero-order valence-electron chi connectivity index (χ0n) is 12.1. The molecule has 0 spiro atoms. The van der Waals surface area contributed by atoms with Crippen LogP contribution in [0.2, 0.25) is 26.0 Å². The summed E-state index contributed by atoms with van der Waals surface area (Å²) in [5.74, 6) is -0.802. The van der Waals surface area contributed by atoms with E-state index in [1.807, 2.05) is 6.08 Å². The van der Waals surface area contributed by atoms with Crippen LogP contribution in [0.3, 0.4) is 0 Å². The molecule has 0 aliphatic carbocycles. The van der Waals surface area contributed by atoms with Gasteiger partial charge in [0.15, 0.2) is 11.9 Å². The molecular formula is C12H21BO5Si. The minimum absolute atomic E-state index is 0.230. The van der Waals surface area contributed by atoms with E-state index in [2.05, 4.69) is 30.1 Å². The lowest BCUT2D eigenvalue weighted by Crippen LogP contribution is -2.36. The lowest BCUT2D eigenvalue weighted by molar-refractivity contribution is -0.152. The fraction of sp³-hybridized carbons (Fsp3) is 0.667. The molecule has 0 bridgehead atoms. The minimum atomic E-state index is -1.26. The van der Waals surface area contributed by atoms with Crippen molar-refractivity contribution in [3.05, 3.63) is 11.8 Å². The standard InChI is InChI=1S/C12H21BO5Si/c1-9(14)10-11(12(15)16-2)18-13(17-10)7-6-8-19(3,4)5/h6,8,10-11H,7H2,1-5H3. The molecule has 7 heteroatoms. The van der Waals surface area contributed by atoms with E-state index >= 15 is 0 Å². The molecule has 0 N–H and O–H groups in total. The number of Topliss-reactive ketones (excluding diaryl/α,β-unsaturated/α-hetero) is 1. The number of hydrogen-bond donors (Lipinski definition) is 0. The minimum Gasteiger partial charge on any atom is -0.467 e. The van der Waals surface area contributed by atoms with Crippen LogP contribution in [-0.2, 0) is 23.6 Å². The summed E-state index contributed by atoms with van der Waals surface area (Å²) in [6.45, 7) is 8.03. The molecule has 106 valence electrons. The average molecular weight is 284 g/mol. The molecule has 19 heavy (non-hydrogen) atoms. The van der Waals surface area contributed by atoms with Crippen LogP contribution in [0.4, 0.5) is 0 Å². The summed E-state index contributed by atoms with van der Waals surface area (Å²) in [4.78, 5) is 22.9. The van der Waals surface area contributed by atoms with E-state index in [0.29, 0.717) is 6.32 Å². The Morgan fingerprint density at radius 2 is 1.84 bits per heavy atom. The van der Waals surface area contributed by atoms with Crippen molar-refractivity contribution in [3.63, 3.8) is 0 Å². The molecule has 0 aromatic heterocycles. The summed E-state index contributed by atoms with van der Waals surface area (Å²) in [6, 6.07) is 0. The van der Waals surface area contributed by atoms with Gasteiger partial charge in [0, 0.05) is 0 Å². The molecule has 0 amide bonds. The molecule has 0 aromatic carbocycles. The zero-order chi connectivity index (χ0) is 14.6. The Hall–Kier alpha value is -0.918. The van der Waals surface area contributed by atoms with Crippen molar-refractivity contribution in [2.75, 3.05) is 7.11 Å². The summed E-state index contributed by atoms with van der Waals surface area (Å²) >= 11 is 0. The third kappa shape index (κ3) is 4.93. The molecule has 1 fully saturated rings. The van der Waals surface area contributed by atoms with E-state index in [0.717, 1.165) is 0 Å². The topological polar surface area (TPSA) is 61.8 Å². The first-order valence-corrected chi connectivity index (χ1v) is 9.89. The Labute approximate surface area is 115 Å². The van der Waals surface area contributed by atoms with Gasteiger partial charge < -0.3 is 14.0 Å². The van der Waals surface area contributed by atoms with E-state index in [1.165, 1.54) is 14.0 Å². The van der Waals surface area contributed by atoms with Crippen LogP contribution in [0.5, 0.6) is 0 Å². The van der Waals surface area contributed by atoms with Crippen LogP contribution < -0.4 is 0 Å². The van der Waals surface area contributed by atoms with E-state index < -0.39 is 33.4 Å². The summed E-state index contributed by atoms with van der Waals surface area (Å²) in [6.07, 6.45) is 0.709. The molecule has 1 saturated heterocycles. The summed E-state index contributed by atoms with van der Waals surface area (Å²) in [5.41, 5.74) is 2.17. The summed E-state index contributed by atoms with van der Waals surface area (Å²) in [5, 5.41) is 0. The normalized spacial score (nSPS) is 23.9. The molecular weight excluding hydrogens is 263 g/mol. The SMILES string of the molecule is COC(=O)C1OB(CC=C[Si](C)(C)C)OC1C(C)=O. The number of hydrogen-bond acceptors (Lipinski definition) is 5. The molecule has 0 saturated carbocycles. The van der Waals surface area contributed by atoms with E-state index in [9.17, 15) is 9.59 Å². The van der Waals surface area contributed by atoms with Gasteiger partial charge in [-0.1, -0.05) is 31.4 Å². The highest BCUT2D eigenvalue weighted by Crippen LogP contribution is 2.21. The molecule has 1 aliphatic heterocycles. The van der Waals surface area contributed by atoms with Crippen LogP contribution in [0.15, 0.2) is 11.8 Å². The van der Waals surface area contributed by atoms with Gasteiger partial charge in [-0.25, -0.2) is 4.79 Å². The number of carbonyl (C=O) groups excluding carboxylic acids is 2. The Bertz CT molecular complexity index is 377. The van der Waals surface area contributed by atoms with Crippen molar-refractivity contribution >= 4 is 26.9 Å². The molecule has 5 nitrogen and oxygen atoms in total. The predicted octanol–water partition coefficient (Wildman–Crippen LogP) is 1.45. The molecule has 2 unspecified atom stereocenters. The van der Waals surface area contributed by atoms with Crippen LogP contribution >= 0.6 is 0 Å². The first kappa shape index (κ1) is 16.1. The molecule has 2 atom stereocenters. The maximum absolute atomic E-state index is 11.5. The van der Waals surface area contributed by atoms with E-state index in [1.54, 1.807) is 0 Å². The summed E-state index contributed by atoms with van der Waals surface area (Å²) in [7, 11) is -0.563. The highest BCUT2D eigenvalue weighted by atomic mass is 28.3. The fourth-order valence-corrected chi connectivity index (χ4v) is 2.59. The van der Waals surface area contributed by atoms with Crippen LogP contribution in [0.1, 0.15) is 6.92 Å². The van der Waals surface area contributed by atoms with E-state index in [-0.39, 0.29) is 5.78 Å². The number of rotatable bonds is 5. The van der Waals surface area contributed by atoms with Gasteiger partial charge in [0.1, 0.15) is 6.10 Å². The van der Waals surface area contributed by atoms with E-state index in [4.69, 9.17) is 9.31 Å². The maximum atomic E-state index is 11.5. The number of ketones is 1. The fourth-order valence-electron chi connectivity index (χ4n) is 1.75. The third-order valence-corrected chi connectivity index (χ3v) is 3.89. The number of ether oxygens (including phenoxy) is 1. The quantitative estimate of drug-likeness (QED) is 0.565. The van der Waals surface area contributed by atoms with Crippen LogP contribution in [0.25, 0.3) is 0 Å². The third-order valence-electron chi connectivity index (χ3n) is 2.65. The van der Waals surface area contributed by atoms with Gasteiger partial charge in [0.25, 0.3) is 0 Å². The zero-order valence-corrected chi connectivity index (χ0v) is 13.1. The Morgan fingerprint density at radius 3 is 2.32 bits per heavy atom. The van der Waals surface area contributed by atoms with Gasteiger partial charge in [-0.3, -0.25) is 4.79 Å². The second kappa shape index (κ2) is 6.49. The van der Waals surface area contributed by atoms with Crippen molar-refractivity contribution in [1.82, 2.24) is 0 Å². The van der Waals surface area contributed by atoms with Gasteiger partial charge in [-0.15, -0.1) is 0 Å². The maximum Gasteiger partial charge on any atom is 0.462 e. The van der Waals surface area contributed by atoms with Crippen molar-refractivity contribution in [1.29, 1.82) is 0 Å². The smallest absolute Gasteiger partial charge is 0.462 e. The lowest BCUT2D eigenvalue weighted by Gasteiger charge is -2.12. The van der Waals surface area contributed by atoms with Gasteiger partial charge in [-0.05, 0) is 13.2 Å². The predicted molar refractivity (Wildman–Crippen MR) is 75.5 cm³/mol. The number of carbonyl (C=O) groups is 2. The lowest BCUT2D eigenvalue weighted by atomic mass is 9.85.